The van der Waals surface area contributed by atoms with E-state index in [9.17, 15) is 13.2 Å². The third-order valence-electron chi connectivity index (χ3n) is 2.53. The molecule has 8 heteroatoms. The van der Waals surface area contributed by atoms with Crippen molar-refractivity contribution in [2.24, 2.45) is 0 Å². The Balaban J connectivity index is 2.92. The summed E-state index contributed by atoms with van der Waals surface area (Å²) >= 11 is 0. The zero-order chi connectivity index (χ0) is 15.2. The number of nitriles is 1. The van der Waals surface area contributed by atoms with Crippen LogP contribution in [0.5, 0.6) is 0 Å². The number of hydrogen-bond donors (Lipinski definition) is 3. The van der Waals surface area contributed by atoms with E-state index in [0.717, 1.165) is 0 Å². The van der Waals surface area contributed by atoms with Gasteiger partial charge in [-0.15, -0.1) is 0 Å². The van der Waals surface area contributed by atoms with Crippen LogP contribution in [-0.2, 0) is 21.2 Å². The highest BCUT2D eigenvalue weighted by Gasteiger charge is 2.24. The molecule has 7 nitrogen and oxygen atoms in total. The monoisotopic (exact) mass is 298 g/mol. The molecule has 0 spiro atoms. The average molecular weight is 298 g/mol. The number of carbonyl (C=O) groups is 1. The topological polar surface area (TPSA) is 127 Å². The molecule has 3 N–H and O–H groups in total. The predicted molar refractivity (Wildman–Crippen MR) is 69.2 cm³/mol. The zero-order valence-corrected chi connectivity index (χ0v) is 11.3. The van der Waals surface area contributed by atoms with Crippen molar-refractivity contribution in [3.8, 4) is 6.07 Å². The number of aliphatic hydroxyl groups is 1. The summed E-state index contributed by atoms with van der Waals surface area (Å²) in [6.07, 6.45) is -0.0584. The van der Waals surface area contributed by atoms with E-state index in [-0.39, 0.29) is 17.7 Å². The van der Waals surface area contributed by atoms with Crippen LogP contribution in [0.1, 0.15) is 12.0 Å². The Hall–Kier alpha value is -1.95. The molecule has 0 unspecified atom stereocenters. The summed E-state index contributed by atoms with van der Waals surface area (Å²) in [5, 5.41) is 26.1. The van der Waals surface area contributed by atoms with Crippen molar-refractivity contribution in [1.82, 2.24) is 4.72 Å². The first kappa shape index (κ1) is 16.1. The second kappa shape index (κ2) is 7.00. The molecule has 0 amide bonds. The SMILES string of the molecule is N#CCc1ccc(S(=O)(=O)N[C@@H](CCO)C(=O)O)cc1. The maximum atomic E-state index is 12.0. The third kappa shape index (κ3) is 4.31. The van der Waals surface area contributed by atoms with Crippen LogP contribution in [-0.4, -0.2) is 37.2 Å². The summed E-state index contributed by atoms with van der Waals surface area (Å²) in [5.74, 6) is -1.36. The summed E-state index contributed by atoms with van der Waals surface area (Å²) in [6, 6.07) is 6.12. The van der Waals surface area contributed by atoms with Crippen LogP contribution < -0.4 is 4.72 Å². The van der Waals surface area contributed by atoms with Crippen LogP contribution in [0.25, 0.3) is 0 Å². The number of benzene rings is 1. The van der Waals surface area contributed by atoms with Crippen molar-refractivity contribution in [2.75, 3.05) is 6.61 Å². The number of rotatable bonds is 7. The Labute approximate surface area is 116 Å². The van der Waals surface area contributed by atoms with Gasteiger partial charge in [-0.1, -0.05) is 12.1 Å². The van der Waals surface area contributed by atoms with Gasteiger partial charge in [0.05, 0.1) is 17.4 Å². The number of nitrogens with zero attached hydrogens (tertiary/aromatic N) is 1. The Morgan fingerprint density at radius 1 is 1.35 bits per heavy atom. The molecule has 0 aliphatic heterocycles. The predicted octanol–water partition coefficient (Wildman–Crippen LogP) is -0.133. The van der Waals surface area contributed by atoms with Crippen LogP contribution in [0.15, 0.2) is 29.2 Å². The Morgan fingerprint density at radius 2 is 1.95 bits per heavy atom. The molecule has 1 rings (SSSR count). The number of nitrogens with one attached hydrogen (secondary N) is 1. The fourth-order valence-electron chi connectivity index (χ4n) is 1.49. The highest BCUT2D eigenvalue weighted by Crippen LogP contribution is 2.12. The second-order valence-electron chi connectivity index (χ2n) is 4.00. The van der Waals surface area contributed by atoms with Gasteiger partial charge < -0.3 is 10.2 Å². The molecule has 1 aromatic rings. The second-order valence-corrected chi connectivity index (χ2v) is 5.72. The molecule has 0 aliphatic rings. The fourth-order valence-corrected chi connectivity index (χ4v) is 2.72. The molecule has 0 fully saturated rings. The van der Waals surface area contributed by atoms with E-state index in [1.165, 1.54) is 24.3 Å². The quantitative estimate of drug-likeness (QED) is 0.643. The fraction of sp³-hybridized carbons (Fsp3) is 0.333. The van der Waals surface area contributed by atoms with E-state index in [4.69, 9.17) is 15.5 Å². The summed E-state index contributed by atoms with van der Waals surface area (Å²) in [6.45, 7) is -0.444. The van der Waals surface area contributed by atoms with Crippen LogP contribution in [0, 0.1) is 11.3 Å². The minimum Gasteiger partial charge on any atom is -0.480 e. The van der Waals surface area contributed by atoms with Gasteiger partial charge in [0, 0.05) is 6.61 Å². The van der Waals surface area contributed by atoms with Gasteiger partial charge in [0.15, 0.2) is 0 Å². The standard InChI is InChI=1S/C12H14N2O5S/c13-7-5-9-1-3-10(4-2-9)20(18,19)14-11(6-8-15)12(16)17/h1-4,11,14-15H,5-6,8H2,(H,16,17)/t11-/m0/s1. The first-order valence-electron chi connectivity index (χ1n) is 5.72. The minimum atomic E-state index is -3.98. The lowest BCUT2D eigenvalue weighted by atomic mass is 10.2. The average Bonchev–Trinajstić information content (AvgIpc) is 2.39. The number of sulfonamides is 1. The van der Waals surface area contributed by atoms with E-state index in [1.807, 2.05) is 10.8 Å². The molecule has 0 heterocycles. The van der Waals surface area contributed by atoms with Crippen molar-refractivity contribution in [3.05, 3.63) is 29.8 Å². The Morgan fingerprint density at radius 3 is 2.40 bits per heavy atom. The van der Waals surface area contributed by atoms with Crippen molar-refractivity contribution in [3.63, 3.8) is 0 Å². The van der Waals surface area contributed by atoms with Gasteiger partial charge in [0.1, 0.15) is 6.04 Å². The van der Waals surface area contributed by atoms with E-state index >= 15 is 0 Å². The van der Waals surface area contributed by atoms with Gasteiger partial charge in [0.25, 0.3) is 0 Å². The number of carboxylic acid groups (broad SMARTS) is 1. The summed E-state index contributed by atoms with van der Waals surface area (Å²) in [4.78, 5) is 10.8. The lowest BCUT2D eigenvalue weighted by molar-refractivity contribution is -0.139. The number of aliphatic hydroxyl groups excluding tert-OH is 1. The van der Waals surface area contributed by atoms with Crippen molar-refractivity contribution >= 4 is 16.0 Å². The van der Waals surface area contributed by atoms with Crippen LogP contribution in [0.2, 0.25) is 0 Å². The molecule has 108 valence electrons. The smallest absolute Gasteiger partial charge is 0.321 e. The summed E-state index contributed by atoms with van der Waals surface area (Å²) in [7, 11) is -3.98. The van der Waals surface area contributed by atoms with Gasteiger partial charge in [0.2, 0.25) is 10.0 Å². The lowest BCUT2D eigenvalue weighted by Gasteiger charge is -2.13. The number of carboxylic acids is 1. The molecule has 1 atom stereocenters. The normalized spacial score (nSPS) is 12.6. The van der Waals surface area contributed by atoms with Gasteiger partial charge in [-0.3, -0.25) is 4.79 Å². The molecule has 1 aromatic carbocycles. The maximum absolute atomic E-state index is 12.0. The number of aliphatic carboxylic acids is 1. The Bertz CT molecular complexity index is 604. The van der Waals surface area contributed by atoms with E-state index < -0.39 is 28.6 Å². The largest absolute Gasteiger partial charge is 0.480 e. The first-order chi connectivity index (χ1) is 9.40. The minimum absolute atomic E-state index is 0.0941. The summed E-state index contributed by atoms with van der Waals surface area (Å²) < 4.78 is 25.9. The molecule has 0 saturated heterocycles. The molecule has 0 radical (unpaired) electrons. The molecule has 0 aromatic heterocycles. The van der Waals surface area contributed by atoms with Gasteiger partial charge in [-0.05, 0) is 24.1 Å². The van der Waals surface area contributed by atoms with Crippen LogP contribution in [0.4, 0.5) is 0 Å². The van der Waals surface area contributed by atoms with E-state index in [0.29, 0.717) is 5.56 Å². The van der Waals surface area contributed by atoms with Gasteiger partial charge in [-0.2, -0.15) is 9.98 Å². The molecular formula is C12H14N2O5S. The lowest BCUT2D eigenvalue weighted by Crippen LogP contribution is -2.41. The molecule has 0 bridgehead atoms. The van der Waals surface area contributed by atoms with Crippen molar-refractivity contribution in [2.45, 2.75) is 23.8 Å². The zero-order valence-electron chi connectivity index (χ0n) is 10.5. The van der Waals surface area contributed by atoms with Crippen molar-refractivity contribution < 1.29 is 23.4 Å². The van der Waals surface area contributed by atoms with E-state index in [1.54, 1.807) is 0 Å². The van der Waals surface area contributed by atoms with Crippen LogP contribution in [0.3, 0.4) is 0 Å². The Kier molecular flexibility index (Phi) is 5.64. The highest BCUT2D eigenvalue weighted by atomic mass is 32.2. The van der Waals surface area contributed by atoms with Crippen LogP contribution >= 0.6 is 0 Å². The van der Waals surface area contributed by atoms with E-state index in [2.05, 4.69) is 0 Å². The number of hydrogen-bond acceptors (Lipinski definition) is 5. The molecule has 20 heavy (non-hydrogen) atoms. The molecule has 0 saturated carbocycles. The van der Waals surface area contributed by atoms with Gasteiger partial charge >= 0.3 is 5.97 Å². The highest BCUT2D eigenvalue weighted by molar-refractivity contribution is 7.89. The first-order valence-corrected chi connectivity index (χ1v) is 7.21. The molecule has 0 aliphatic carbocycles. The molecular weight excluding hydrogens is 284 g/mol. The van der Waals surface area contributed by atoms with Gasteiger partial charge in [-0.25, -0.2) is 8.42 Å². The van der Waals surface area contributed by atoms with Crippen molar-refractivity contribution in [1.29, 1.82) is 5.26 Å². The maximum Gasteiger partial charge on any atom is 0.321 e. The summed E-state index contributed by atoms with van der Waals surface area (Å²) in [5.41, 5.74) is 0.664. The third-order valence-corrected chi connectivity index (χ3v) is 4.02.